The first kappa shape index (κ1) is 77.1. The van der Waals surface area contributed by atoms with Crippen LogP contribution in [0.1, 0.15) is 64.7 Å². The van der Waals surface area contributed by atoms with Gasteiger partial charge in [0, 0.05) is 46.2 Å². The van der Waals surface area contributed by atoms with Crippen molar-refractivity contribution in [3.05, 3.63) is 0 Å². The predicted octanol–water partition coefficient (Wildman–Crippen LogP) is 5.99. The van der Waals surface area contributed by atoms with Crippen molar-refractivity contribution in [1.82, 2.24) is 0 Å². The summed E-state index contributed by atoms with van der Waals surface area (Å²) in [6.45, 7) is 31.4. The van der Waals surface area contributed by atoms with Crippen molar-refractivity contribution in [2.24, 2.45) is 0 Å². The highest BCUT2D eigenvalue weighted by Crippen LogP contribution is 2.54. The lowest BCUT2D eigenvalue weighted by molar-refractivity contribution is -0.130. The molecule has 0 aromatic rings. The summed E-state index contributed by atoms with van der Waals surface area (Å²) in [7, 11) is -70.8. The van der Waals surface area contributed by atoms with Crippen LogP contribution in [0.2, 0.25) is 153 Å². The summed E-state index contributed by atoms with van der Waals surface area (Å²) in [5.74, 6) is 0. The Morgan fingerprint density at radius 3 is 0.417 bits per heavy atom. The molecule has 84 heavy (non-hydrogen) atoms. The third-order valence-corrected chi connectivity index (χ3v) is 76.0. The van der Waals surface area contributed by atoms with Gasteiger partial charge in [-0.15, -0.1) is 0 Å². The van der Waals surface area contributed by atoms with Crippen molar-refractivity contribution < 1.29 is 118 Å². The van der Waals surface area contributed by atoms with Crippen LogP contribution in [-0.4, -0.2) is 221 Å². The largest absolute Gasteiger partial charge is 0.651 e. The molecular formula is C41H106O27Si16. The average Bonchev–Trinajstić information content (AvgIpc) is 3.30. The van der Waals surface area contributed by atoms with Gasteiger partial charge in [0.25, 0.3) is 0 Å². The molecule has 0 amide bonds. The lowest BCUT2D eigenvalue weighted by Gasteiger charge is -2.61. The van der Waals surface area contributed by atoms with E-state index < -0.39 is 139 Å². The highest BCUT2D eigenvalue weighted by molar-refractivity contribution is 7.04. The van der Waals surface area contributed by atoms with Gasteiger partial charge in [0.1, 0.15) is 0 Å². The number of hydrogen-bond acceptors (Lipinski definition) is 27. The molecule has 27 nitrogen and oxygen atoms in total. The van der Waals surface area contributed by atoms with Gasteiger partial charge in [0.05, 0.1) is 0 Å². The van der Waals surface area contributed by atoms with Crippen LogP contribution in [0.3, 0.4) is 0 Å². The van der Waals surface area contributed by atoms with Gasteiger partial charge in [-0.2, -0.15) is 0 Å². The number of hydrogen-bond donors (Lipinski definition) is 7. The Morgan fingerprint density at radius 2 is 0.321 bits per heavy atom. The zero-order valence-electron chi connectivity index (χ0n) is 53.3. The fourth-order valence-electron chi connectivity index (χ4n) is 10.1. The number of aliphatic hydroxyl groups is 7. The van der Waals surface area contributed by atoms with Gasteiger partial charge in [-0.25, -0.2) is 0 Å². The second-order valence-electron chi connectivity index (χ2n) is 27.0. The molecule has 0 atom stereocenters. The molecule has 0 aromatic carbocycles. The van der Waals surface area contributed by atoms with Gasteiger partial charge in [0.15, 0.2) is 66.5 Å². The summed E-state index contributed by atoms with van der Waals surface area (Å²) in [4.78, 5) is 0. The summed E-state index contributed by atoms with van der Waals surface area (Å²) < 4.78 is 153. The number of rotatable bonds is 40. The van der Waals surface area contributed by atoms with Crippen LogP contribution in [0.5, 0.6) is 0 Å². The minimum atomic E-state index is -5.55. The smallest absolute Gasteiger partial charge is 0.396 e. The zero-order valence-corrected chi connectivity index (χ0v) is 69.3. The molecule has 6 aliphatic rings. The first-order valence-corrected chi connectivity index (χ1v) is 67.9. The van der Waals surface area contributed by atoms with E-state index in [0.717, 1.165) is 12.8 Å². The van der Waals surface area contributed by atoms with Crippen LogP contribution >= 0.6 is 0 Å². The quantitative estimate of drug-likeness (QED) is 0.0346. The normalized spacial score (nSPS) is 31.7. The van der Waals surface area contributed by atoms with Crippen LogP contribution in [0.25, 0.3) is 0 Å². The van der Waals surface area contributed by atoms with E-state index in [0.29, 0.717) is 93.3 Å². The highest BCUT2D eigenvalue weighted by Gasteiger charge is 2.92. The van der Waals surface area contributed by atoms with Crippen LogP contribution in [-0.2, 0) is 82.3 Å². The maximum Gasteiger partial charge on any atom is 0.651 e. The van der Waals surface area contributed by atoms with E-state index in [-0.39, 0.29) is 46.2 Å². The van der Waals surface area contributed by atoms with E-state index in [1.165, 1.54) is 0 Å². The Morgan fingerprint density at radius 1 is 0.214 bits per heavy atom. The van der Waals surface area contributed by atoms with Gasteiger partial charge in [-0.05, 0) is 198 Å². The highest BCUT2D eigenvalue weighted by atomic mass is 28.7. The standard InChI is InChI=1S/C41H106O27Si16/c1-18-19-34-69(2,3)49-77-57-78(50-70(4,5)35-20-27-42)60-81(53-73(10,11)38-23-30-45)62-79(58-77,51-71(6,7)36-21-28-43)64-83(55-75(14,15)40-25-32-47)65-80(59-77,52-72(8,9)37-22-29-44)63-82(61-78,54-74(12,13)39-24-31-46)67-84(66-81,68-83)56-76(16,17)41-26-33-48/h42-48H,18-41H2,1-17H3. The van der Waals surface area contributed by atoms with Crippen LogP contribution in [0, 0.1) is 0 Å². The second-order valence-corrected chi connectivity index (χ2v) is 83.5. The first-order valence-electron chi connectivity index (χ1n) is 29.9. The van der Waals surface area contributed by atoms with Gasteiger partial charge in [-0.1, -0.05) is 19.8 Å². The van der Waals surface area contributed by atoms with Crippen molar-refractivity contribution in [1.29, 1.82) is 0 Å². The SMILES string of the molecule is CCCC[Si](C)(C)O[Si]12O[Si]3(O[Si](C)(C)CCCO)O[Si]4(O[Si](C)(C)CCCO)O[Si](O[Si](C)(C)CCCO)(O1)O[Si]1(O[Si](C)(C)CCCO)O[Si](O[Si](C)(C)CCCO)(O2)O[Si](O[Si](C)(C)CCCO)(O3)O[Si](O[Si](C)(C)CCCO)(O4)O1. The monoisotopic (exact) mass is 1480 g/mol. The van der Waals surface area contributed by atoms with Gasteiger partial charge in [-0.3, -0.25) is 0 Å². The molecule has 6 fully saturated rings. The molecule has 6 aliphatic heterocycles. The van der Waals surface area contributed by atoms with Gasteiger partial charge >= 0.3 is 72.4 Å². The van der Waals surface area contributed by atoms with Crippen LogP contribution < -0.4 is 0 Å². The van der Waals surface area contributed by atoms with Gasteiger partial charge in [0.2, 0.25) is 0 Å². The molecule has 8 bridgehead atoms. The maximum atomic E-state index is 10.4. The summed E-state index contributed by atoms with van der Waals surface area (Å²) >= 11 is 0. The Balaban J connectivity index is 2.18. The zero-order chi connectivity index (χ0) is 63.1. The molecule has 6 rings (SSSR count). The summed E-state index contributed by atoms with van der Waals surface area (Å²) in [6, 6.07) is 2.79. The molecule has 0 saturated carbocycles. The van der Waals surface area contributed by atoms with E-state index in [9.17, 15) is 35.7 Å². The van der Waals surface area contributed by atoms with E-state index in [2.05, 4.69) is 6.92 Å². The Hall–Kier alpha value is 2.39. The van der Waals surface area contributed by atoms with Crippen molar-refractivity contribution in [3.8, 4) is 0 Å². The molecule has 6 heterocycles. The Labute approximate surface area is 517 Å². The molecule has 6 saturated heterocycles. The van der Waals surface area contributed by atoms with Crippen LogP contribution in [0.4, 0.5) is 0 Å². The predicted molar refractivity (Wildman–Crippen MR) is 343 cm³/mol. The molecule has 7 N–H and O–H groups in total. The minimum Gasteiger partial charge on any atom is -0.396 e. The fourth-order valence-corrected chi connectivity index (χ4v) is 84.0. The summed E-state index contributed by atoms with van der Waals surface area (Å²) in [5, 5.41) is 72.8. The summed E-state index contributed by atoms with van der Waals surface area (Å²) in [6.07, 6.45) is 3.64. The third-order valence-electron chi connectivity index (χ3n) is 13.9. The fraction of sp³-hybridized carbons (Fsp3) is 1.00. The topological polar surface area (TPSA) is 326 Å². The average molecular weight is 1480 g/mol. The Bertz CT molecular complexity index is 1590. The lowest BCUT2D eigenvalue weighted by Crippen LogP contribution is -2.93. The molecule has 0 aliphatic carbocycles. The van der Waals surface area contributed by atoms with E-state index in [1.54, 1.807) is 0 Å². The van der Waals surface area contributed by atoms with Crippen molar-refractivity contribution >= 4 is 139 Å². The second kappa shape index (κ2) is 30.0. The third kappa shape index (κ3) is 22.3. The molecular weight excluding hydrogens is 1370 g/mol. The molecule has 496 valence electrons. The van der Waals surface area contributed by atoms with E-state index in [4.69, 9.17) is 82.3 Å². The van der Waals surface area contributed by atoms with E-state index >= 15 is 0 Å². The van der Waals surface area contributed by atoms with Crippen molar-refractivity contribution in [2.45, 2.75) is 218 Å². The van der Waals surface area contributed by atoms with Crippen molar-refractivity contribution in [3.63, 3.8) is 0 Å². The first-order chi connectivity index (χ1) is 38.6. The lowest BCUT2D eigenvalue weighted by atomic mass is 10.4. The minimum absolute atomic E-state index is 0.177. The molecule has 0 radical (unpaired) electrons. The van der Waals surface area contributed by atoms with Gasteiger partial charge < -0.3 is 118 Å². The molecule has 43 heteroatoms. The molecule has 0 aromatic heterocycles. The molecule has 0 spiro atoms. The Kier molecular flexibility index (Phi) is 27.5. The van der Waals surface area contributed by atoms with Crippen molar-refractivity contribution in [2.75, 3.05) is 46.2 Å². The maximum absolute atomic E-state index is 10.4. The molecule has 0 unspecified atom stereocenters. The van der Waals surface area contributed by atoms with Crippen LogP contribution in [0.15, 0.2) is 0 Å². The number of unbranched alkanes of at least 4 members (excludes halogenated alkanes) is 1. The summed E-state index contributed by atoms with van der Waals surface area (Å²) in [5.41, 5.74) is 0. The van der Waals surface area contributed by atoms with E-state index in [1.807, 2.05) is 105 Å². The number of aliphatic hydroxyl groups excluding tert-OH is 7.